The Hall–Kier alpha value is -3.81. The molecule has 3 heterocycles. The van der Waals surface area contributed by atoms with E-state index < -0.39 is 6.10 Å². The highest BCUT2D eigenvalue weighted by molar-refractivity contribution is 5.94. The Balaban J connectivity index is 1.13. The molecule has 1 saturated heterocycles. The molecule has 8 nitrogen and oxygen atoms in total. The van der Waals surface area contributed by atoms with E-state index in [1.54, 1.807) is 11.0 Å². The summed E-state index contributed by atoms with van der Waals surface area (Å²) in [4.78, 5) is 30.0. The molecule has 1 aliphatic carbocycles. The van der Waals surface area contributed by atoms with Gasteiger partial charge in [0.05, 0.1) is 5.69 Å². The first kappa shape index (κ1) is 20.8. The Morgan fingerprint density at radius 2 is 1.56 bits per heavy atom. The van der Waals surface area contributed by atoms with Crippen molar-refractivity contribution < 1.29 is 19.1 Å². The summed E-state index contributed by atoms with van der Waals surface area (Å²) in [5, 5.41) is 4.73. The molecule has 1 unspecified atom stereocenters. The van der Waals surface area contributed by atoms with Crippen LogP contribution < -0.4 is 9.47 Å². The lowest BCUT2D eigenvalue weighted by Gasteiger charge is -2.37. The number of nitrogens with zero attached hydrogens (tertiary/aromatic N) is 4. The third-order valence-corrected chi connectivity index (χ3v) is 6.80. The summed E-state index contributed by atoms with van der Waals surface area (Å²) in [6, 6.07) is 17.3. The Bertz CT molecular complexity index is 1230. The largest absolute Gasteiger partial charge is 0.485 e. The predicted octanol–water partition coefficient (Wildman–Crippen LogP) is 2.49. The number of para-hydroxylation sites is 3. The van der Waals surface area contributed by atoms with Gasteiger partial charge >= 0.3 is 0 Å². The highest BCUT2D eigenvalue weighted by Gasteiger charge is 2.35. The van der Waals surface area contributed by atoms with Crippen LogP contribution >= 0.6 is 0 Å². The fourth-order valence-corrected chi connectivity index (χ4v) is 5.02. The maximum Gasteiger partial charge on any atom is 0.274 e. The summed E-state index contributed by atoms with van der Waals surface area (Å²) < 4.78 is 13.5. The van der Waals surface area contributed by atoms with Gasteiger partial charge in [0.15, 0.2) is 17.2 Å². The van der Waals surface area contributed by atoms with Gasteiger partial charge in [-0.25, -0.2) is 4.68 Å². The topological polar surface area (TPSA) is 76.9 Å². The molecule has 0 N–H and O–H groups in total. The monoisotopic (exact) mass is 458 g/mol. The number of carbonyl (C=O) groups is 2. The molecule has 0 radical (unpaired) electrons. The van der Waals surface area contributed by atoms with Crippen LogP contribution in [0.2, 0.25) is 0 Å². The second-order valence-electron chi connectivity index (χ2n) is 8.86. The van der Waals surface area contributed by atoms with Gasteiger partial charge in [-0.3, -0.25) is 9.59 Å². The highest BCUT2D eigenvalue weighted by atomic mass is 16.6. The minimum Gasteiger partial charge on any atom is -0.485 e. The normalized spacial score (nSPS) is 19.1. The lowest BCUT2D eigenvalue weighted by atomic mass is 10.1. The lowest BCUT2D eigenvalue weighted by molar-refractivity contribution is -0.142. The van der Waals surface area contributed by atoms with E-state index in [0.717, 1.165) is 36.2 Å². The molecule has 0 saturated carbocycles. The molecule has 34 heavy (non-hydrogen) atoms. The first-order valence-electron chi connectivity index (χ1n) is 11.8. The van der Waals surface area contributed by atoms with Crippen molar-refractivity contribution in [2.24, 2.45) is 0 Å². The quantitative estimate of drug-likeness (QED) is 0.603. The lowest BCUT2D eigenvalue weighted by Crippen LogP contribution is -2.55. The van der Waals surface area contributed by atoms with Crippen molar-refractivity contribution in [3.05, 3.63) is 71.5 Å². The first-order chi connectivity index (χ1) is 16.7. The second-order valence-corrected chi connectivity index (χ2v) is 8.86. The van der Waals surface area contributed by atoms with Gasteiger partial charge in [-0.05, 0) is 43.5 Å². The molecule has 1 atom stereocenters. The first-order valence-corrected chi connectivity index (χ1v) is 11.8. The van der Waals surface area contributed by atoms with E-state index in [1.165, 1.54) is 0 Å². The number of amides is 2. The van der Waals surface area contributed by atoms with Gasteiger partial charge < -0.3 is 19.3 Å². The standard InChI is InChI=1S/C26H26N4O4/c31-25(23-17-33-21-11-4-5-12-22(21)34-23)28-13-15-29(16-14-28)26(32)24-19-9-6-10-20(19)30(27-24)18-7-2-1-3-8-18/h1-5,7-8,11-12,23H,6,9-10,13-17H2. The van der Waals surface area contributed by atoms with Crippen molar-refractivity contribution in [3.63, 3.8) is 0 Å². The Labute approximate surface area is 197 Å². The maximum absolute atomic E-state index is 13.4. The van der Waals surface area contributed by atoms with Gasteiger partial charge in [0.1, 0.15) is 6.61 Å². The summed E-state index contributed by atoms with van der Waals surface area (Å²) in [6.07, 6.45) is 2.18. The SMILES string of the molecule is O=C(c1nn(-c2ccccc2)c2c1CCC2)N1CCN(C(=O)C2COc3ccccc3O2)CC1. The molecule has 3 aliphatic rings. The van der Waals surface area contributed by atoms with Crippen LogP contribution in [-0.2, 0) is 17.6 Å². The number of benzene rings is 2. The third-order valence-electron chi connectivity index (χ3n) is 6.80. The Morgan fingerprint density at radius 1 is 0.853 bits per heavy atom. The van der Waals surface area contributed by atoms with Gasteiger partial charge in [-0.1, -0.05) is 30.3 Å². The molecule has 2 amide bonds. The molecule has 0 spiro atoms. The predicted molar refractivity (Wildman–Crippen MR) is 124 cm³/mol. The minimum absolute atomic E-state index is 0.0499. The van der Waals surface area contributed by atoms with E-state index in [0.29, 0.717) is 43.4 Å². The van der Waals surface area contributed by atoms with Crippen molar-refractivity contribution in [1.82, 2.24) is 19.6 Å². The van der Waals surface area contributed by atoms with Crippen molar-refractivity contribution in [2.45, 2.75) is 25.4 Å². The molecule has 2 aromatic carbocycles. The molecule has 8 heteroatoms. The number of rotatable bonds is 3. The summed E-state index contributed by atoms with van der Waals surface area (Å²) in [5.41, 5.74) is 3.74. The van der Waals surface area contributed by atoms with Crippen LogP contribution in [0.3, 0.4) is 0 Å². The molecule has 6 rings (SSSR count). The molecule has 2 aliphatic heterocycles. The van der Waals surface area contributed by atoms with E-state index in [4.69, 9.17) is 14.6 Å². The molecule has 174 valence electrons. The zero-order valence-electron chi connectivity index (χ0n) is 18.9. The van der Waals surface area contributed by atoms with E-state index in [1.807, 2.05) is 58.1 Å². The Morgan fingerprint density at radius 3 is 2.35 bits per heavy atom. The maximum atomic E-state index is 13.4. The smallest absolute Gasteiger partial charge is 0.274 e. The molecular formula is C26H26N4O4. The van der Waals surface area contributed by atoms with Crippen molar-refractivity contribution in [2.75, 3.05) is 32.8 Å². The number of aromatic nitrogens is 2. The van der Waals surface area contributed by atoms with Crippen molar-refractivity contribution in [1.29, 1.82) is 0 Å². The number of carbonyl (C=O) groups excluding carboxylic acids is 2. The summed E-state index contributed by atoms with van der Waals surface area (Å²) in [7, 11) is 0. The van der Waals surface area contributed by atoms with E-state index in [-0.39, 0.29) is 18.4 Å². The molecule has 1 fully saturated rings. The average Bonchev–Trinajstić information content (AvgIpc) is 3.51. The fraction of sp³-hybridized carbons (Fsp3) is 0.346. The zero-order valence-corrected chi connectivity index (χ0v) is 18.9. The van der Waals surface area contributed by atoms with Crippen LogP contribution in [0.5, 0.6) is 11.5 Å². The van der Waals surface area contributed by atoms with Gasteiger partial charge in [0.25, 0.3) is 11.8 Å². The zero-order chi connectivity index (χ0) is 23.1. The van der Waals surface area contributed by atoms with E-state index >= 15 is 0 Å². The van der Waals surface area contributed by atoms with Gasteiger partial charge in [-0.15, -0.1) is 0 Å². The second kappa shape index (κ2) is 8.52. The number of hydrogen-bond acceptors (Lipinski definition) is 5. The van der Waals surface area contributed by atoms with Crippen molar-refractivity contribution in [3.8, 4) is 17.2 Å². The van der Waals surface area contributed by atoms with Gasteiger partial charge in [0, 0.05) is 37.4 Å². The number of hydrogen-bond donors (Lipinski definition) is 0. The summed E-state index contributed by atoms with van der Waals surface area (Å²) in [6.45, 7) is 2.07. The third kappa shape index (κ3) is 3.59. The van der Waals surface area contributed by atoms with Crippen LogP contribution in [0, 0.1) is 0 Å². The molecule has 3 aromatic rings. The summed E-state index contributed by atoms with van der Waals surface area (Å²) >= 11 is 0. The molecule has 1 aromatic heterocycles. The highest BCUT2D eigenvalue weighted by Crippen LogP contribution is 2.32. The Kier molecular flexibility index (Phi) is 5.20. The molecular weight excluding hydrogens is 432 g/mol. The van der Waals surface area contributed by atoms with Gasteiger partial charge in [-0.2, -0.15) is 5.10 Å². The fourth-order valence-electron chi connectivity index (χ4n) is 5.02. The number of ether oxygens (including phenoxy) is 2. The van der Waals surface area contributed by atoms with E-state index in [9.17, 15) is 9.59 Å². The van der Waals surface area contributed by atoms with Crippen molar-refractivity contribution >= 4 is 11.8 Å². The van der Waals surface area contributed by atoms with Crippen LogP contribution in [-0.4, -0.2) is 70.3 Å². The van der Waals surface area contributed by atoms with E-state index in [2.05, 4.69) is 0 Å². The average molecular weight is 459 g/mol. The van der Waals surface area contributed by atoms with Gasteiger partial charge in [0.2, 0.25) is 6.10 Å². The van der Waals surface area contributed by atoms with Crippen LogP contribution in [0.4, 0.5) is 0 Å². The molecule has 0 bridgehead atoms. The van der Waals surface area contributed by atoms with Crippen LogP contribution in [0.25, 0.3) is 5.69 Å². The summed E-state index contributed by atoms with van der Waals surface area (Å²) in [5.74, 6) is 1.09. The van der Waals surface area contributed by atoms with Crippen LogP contribution in [0.15, 0.2) is 54.6 Å². The minimum atomic E-state index is -0.665. The van der Waals surface area contributed by atoms with Crippen LogP contribution in [0.1, 0.15) is 28.2 Å². The number of piperazine rings is 1. The number of fused-ring (bicyclic) bond motifs is 2.